The van der Waals surface area contributed by atoms with Gasteiger partial charge in [0, 0.05) is 41.2 Å². The van der Waals surface area contributed by atoms with E-state index in [1.54, 1.807) is 4.90 Å². The lowest BCUT2D eigenvalue weighted by Crippen LogP contribution is -2.55. The Morgan fingerprint density at radius 3 is 2.65 bits per heavy atom. The molecule has 1 aliphatic carbocycles. The van der Waals surface area contributed by atoms with Crippen LogP contribution in [0.2, 0.25) is 0 Å². The topological polar surface area (TPSA) is 69.7 Å². The Morgan fingerprint density at radius 1 is 1.00 bits per heavy atom. The molecule has 2 atom stereocenters. The van der Waals surface area contributed by atoms with Gasteiger partial charge in [0.25, 0.3) is 0 Å². The predicted octanol–water partition coefficient (Wildman–Crippen LogP) is 2.90. The highest BCUT2D eigenvalue weighted by Crippen LogP contribution is 2.53. The number of carbonyl (C=O) groups is 3. The van der Waals surface area contributed by atoms with Crippen molar-refractivity contribution in [3.05, 3.63) is 65.2 Å². The first-order chi connectivity index (χ1) is 15.0. The first kappa shape index (κ1) is 18.4. The van der Waals surface area contributed by atoms with Crippen LogP contribution in [0.15, 0.2) is 48.5 Å². The van der Waals surface area contributed by atoms with Crippen molar-refractivity contribution in [3.63, 3.8) is 0 Å². The lowest BCUT2D eigenvalue weighted by atomic mass is 9.74. The number of anilines is 2. The van der Waals surface area contributed by atoms with Gasteiger partial charge in [0.05, 0.1) is 5.41 Å². The van der Waals surface area contributed by atoms with E-state index in [1.165, 1.54) is 11.3 Å². The van der Waals surface area contributed by atoms with E-state index < -0.39 is 11.5 Å². The van der Waals surface area contributed by atoms with Crippen LogP contribution < -0.4 is 15.1 Å². The van der Waals surface area contributed by atoms with Gasteiger partial charge in [-0.2, -0.15) is 0 Å². The Kier molecular flexibility index (Phi) is 3.73. The monoisotopic (exact) mass is 413 g/mol. The summed E-state index contributed by atoms with van der Waals surface area (Å²) in [6.07, 6.45) is 4.38. The fourth-order valence-corrected chi connectivity index (χ4v) is 5.70. The minimum absolute atomic E-state index is 0.0541. The zero-order chi connectivity index (χ0) is 21.3. The summed E-state index contributed by atoms with van der Waals surface area (Å²) in [5.74, 6) is -0.710. The molecule has 1 fully saturated rings. The van der Waals surface area contributed by atoms with E-state index >= 15 is 0 Å². The van der Waals surface area contributed by atoms with E-state index in [9.17, 15) is 14.4 Å². The first-order valence-corrected chi connectivity index (χ1v) is 10.9. The summed E-state index contributed by atoms with van der Waals surface area (Å²) < 4.78 is 0. The van der Waals surface area contributed by atoms with E-state index in [0.717, 1.165) is 35.5 Å². The molecule has 1 N–H and O–H groups in total. The minimum Gasteiger partial charge on any atom is -0.341 e. The van der Waals surface area contributed by atoms with Gasteiger partial charge in [-0.1, -0.05) is 36.4 Å². The number of imide groups is 1. The van der Waals surface area contributed by atoms with Crippen LogP contribution in [0.1, 0.15) is 42.9 Å². The number of para-hydroxylation sites is 1. The highest BCUT2D eigenvalue weighted by molar-refractivity contribution is 6.15. The quantitative estimate of drug-likeness (QED) is 0.769. The third kappa shape index (κ3) is 2.42. The molecule has 2 aromatic rings. The third-order valence-electron chi connectivity index (χ3n) is 7.22. The first-order valence-electron chi connectivity index (χ1n) is 10.9. The third-order valence-corrected chi connectivity index (χ3v) is 7.22. The second-order valence-electron chi connectivity index (χ2n) is 9.00. The van der Waals surface area contributed by atoms with Crippen LogP contribution in [0.4, 0.5) is 11.4 Å². The Labute approximate surface area is 180 Å². The number of benzene rings is 2. The van der Waals surface area contributed by atoms with Gasteiger partial charge in [-0.25, -0.2) is 0 Å². The van der Waals surface area contributed by atoms with Crippen LogP contribution in [0.3, 0.4) is 0 Å². The molecule has 2 aromatic carbocycles. The predicted molar refractivity (Wildman–Crippen MR) is 118 cm³/mol. The maximum Gasteiger partial charge on any atom is 0.249 e. The molecule has 3 amide bonds. The van der Waals surface area contributed by atoms with Gasteiger partial charge < -0.3 is 4.90 Å². The molecule has 3 heterocycles. The number of hydrogen-bond acceptors (Lipinski definition) is 4. The van der Waals surface area contributed by atoms with Gasteiger partial charge in [0.1, 0.15) is 6.04 Å². The van der Waals surface area contributed by atoms with E-state index in [2.05, 4.69) is 46.6 Å². The molecule has 6 rings (SSSR count). The number of allylic oxidation sites excluding steroid dienone is 1. The summed E-state index contributed by atoms with van der Waals surface area (Å²) in [6, 6.07) is 13.8. The van der Waals surface area contributed by atoms with Gasteiger partial charge in [-0.3, -0.25) is 24.6 Å². The molecule has 156 valence electrons. The summed E-state index contributed by atoms with van der Waals surface area (Å²) in [7, 11) is 0. The van der Waals surface area contributed by atoms with E-state index in [0.29, 0.717) is 12.8 Å². The number of rotatable bonds is 2. The molecule has 3 aliphatic heterocycles. The van der Waals surface area contributed by atoms with Crippen molar-refractivity contribution in [1.29, 1.82) is 0 Å². The van der Waals surface area contributed by atoms with Crippen LogP contribution in [-0.2, 0) is 26.2 Å². The summed E-state index contributed by atoms with van der Waals surface area (Å²) in [4.78, 5) is 41.9. The van der Waals surface area contributed by atoms with E-state index in [-0.39, 0.29) is 24.1 Å². The summed E-state index contributed by atoms with van der Waals surface area (Å²) >= 11 is 0. The van der Waals surface area contributed by atoms with Crippen LogP contribution in [0.5, 0.6) is 0 Å². The Hall–Kier alpha value is -3.41. The Morgan fingerprint density at radius 2 is 1.81 bits per heavy atom. The maximum absolute atomic E-state index is 13.7. The van der Waals surface area contributed by atoms with Crippen molar-refractivity contribution in [1.82, 2.24) is 5.32 Å². The molecule has 31 heavy (non-hydrogen) atoms. The van der Waals surface area contributed by atoms with Crippen molar-refractivity contribution in [3.8, 4) is 0 Å². The molecule has 4 aliphatic rings. The second kappa shape index (κ2) is 6.30. The number of carbonyl (C=O) groups excluding carboxylic acids is 3. The molecule has 0 spiro atoms. The van der Waals surface area contributed by atoms with Crippen LogP contribution in [0, 0.1) is 0 Å². The van der Waals surface area contributed by atoms with Crippen molar-refractivity contribution >= 4 is 34.8 Å². The number of amides is 3. The average molecular weight is 413 g/mol. The molecule has 0 bridgehead atoms. The number of hydrogen-bond donors (Lipinski definition) is 1. The number of nitrogens with one attached hydrogen (secondary N) is 1. The number of nitrogens with zero attached hydrogens (tertiary/aromatic N) is 2. The minimum atomic E-state index is -0.698. The lowest BCUT2D eigenvalue weighted by molar-refractivity contribution is -0.136. The van der Waals surface area contributed by atoms with Crippen LogP contribution >= 0.6 is 0 Å². The van der Waals surface area contributed by atoms with Gasteiger partial charge in [0.2, 0.25) is 17.7 Å². The second-order valence-corrected chi connectivity index (χ2v) is 9.00. The van der Waals surface area contributed by atoms with Gasteiger partial charge in [-0.15, -0.1) is 0 Å². The molecule has 0 aromatic heterocycles. The van der Waals surface area contributed by atoms with Crippen LogP contribution in [0.25, 0.3) is 5.70 Å². The number of fused-ring (bicyclic) bond motifs is 1. The highest BCUT2D eigenvalue weighted by atomic mass is 16.2. The Balaban J connectivity index is 1.46. The van der Waals surface area contributed by atoms with Gasteiger partial charge >= 0.3 is 0 Å². The van der Waals surface area contributed by atoms with Gasteiger partial charge in [0.15, 0.2) is 0 Å². The zero-order valence-electron chi connectivity index (χ0n) is 17.4. The summed E-state index contributed by atoms with van der Waals surface area (Å²) in [5, 5.41) is 2.40. The molecular weight excluding hydrogens is 390 g/mol. The molecule has 6 nitrogen and oxygen atoms in total. The smallest absolute Gasteiger partial charge is 0.249 e. The fraction of sp³-hybridized carbons (Fsp3) is 0.320. The van der Waals surface area contributed by atoms with E-state index in [4.69, 9.17) is 0 Å². The van der Waals surface area contributed by atoms with E-state index in [1.807, 2.05) is 19.1 Å². The van der Waals surface area contributed by atoms with Crippen LogP contribution in [-0.4, -0.2) is 30.3 Å². The normalized spacial score (nSPS) is 26.5. The molecule has 1 saturated heterocycles. The molecule has 0 radical (unpaired) electrons. The SMILES string of the molecule is CC12CC=C(N3CCc4ccccc43)c3cccc(c31)N(C1CCC(=O)NC1=O)C2=O. The Bertz CT molecular complexity index is 1200. The molecular formula is C25H23N3O3. The van der Waals surface area contributed by atoms with Crippen molar-refractivity contribution in [2.24, 2.45) is 0 Å². The largest absolute Gasteiger partial charge is 0.341 e. The molecule has 6 heteroatoms. The fourth-order valence-electron chi connectivity index (χ4n) is 5.70. The summed E-state index contributed by atoms with van der Waals surface area (Å²) in [5.41, 5.74) is 5.87. The number of piperidine rings is 1. The lowest BCUT2D eigenvalue weighted by Gasteiger charge is -2.34. The standard InChI is InChI=1S/C25H23N3O3/c1-25-13-11-18(27-14-12-15-5-2-3-7-17(15)27)16-6-4-8-19(22(16)25)28(24(25)31)20-9-10-21(29)26-23(20)30/h2-8,11,20H,9-10,12-14H2,1H3,(H,26,29,30). The maximum atomic E-state index is 13.7. The molecule has 0 saturated carbocycles. The zero-order valence-corrected chi connectivity index (χ0v) is 17.4. The van der Waals surface area contributed by atoms with Crippen molar-refractivity contribution in [2.45, 2.75) is 44.1 Å². The average Bonchev–Trinajstić information content (AvgIpc) is 3.28. The molecule has 2 unspecified atom stereocenters. The van der Waals surface area contributed by atoms with Gasteiger partial charge in [-0.05, 0) is 43.9 Å². The highest BCUT2D eigenvalue weighted by Gasteiger charge is 2.53. The van der Waals surface area contributed by atoms with Crippen molar-refractivity contribution < 1.29 is 14.4 Å². The van der Waals surface area contributed by atoms with Crippen molar-refractivity contribution in [2.75, 3.05) is 16.3 Å². The summed E-state index contributed by atoms with van der Waals surface area (Å²) in [6.45, 7) is 2.89.